The molecule has 0 spiro atoms. The highest BCUT2D eigenvalue weighted by molar-refractivity contribution is 5.18. The number of rotatable bonds is 7. The summed E-state index contributed by atoms with van der Waals surface area (Å²) in [5.74, 6) is 0. The first-order valence-corrected chi connectivity index (χ1v) is 5.85. The van der Waals surface area contributed by atoms with E-state index in [4.69, 9.17) is 9.47 Å². The lowest BCUT2D eigenvalue weighted by molar-refractivity contribution is -0.212. The van der Waals surface area contributed by atoms with E-state index in [2.05, 4.69) is 0 Å². The standard InChI is InChI=1S/C13H20O6/c1-18-13(19-2)12(17)11(16)10(15)9(14)8-6-4-3-5-7-8/h3-7,9-17H,1-2H3. The quantitative estimate of drug-likeness (QED) is 0.496. The fraction of sp³-hybridized carbons (Fsp3) is 0.538. The Morgan fingerprint density at radius 2 is 1.32 bits per heavy atom. The van der Waals surface area contributed by atoms with Gasteiger partial charge in [-0.2, -0.15) is 0 Å². The Morgan fingerprint density at radius 3 is 1.79 bits per heavy atom. The minimum Gasteiger partial charge on any atom is -0.387 e. The molecule has 4 N–H and O–H groups in total. The largest absolute Gasteiger partial charge is 0.387 e. The Bertz CT molecular complexity index is 353. The van der Waals surface area contributed by atoms with Gasteiger partial charge in [0.05, 0.1) is 0 Å². The fourth-order valence-electron chi connectivity index (χ4n) is 1.77. The van der Waals surface area contributed by atoms with E-state index in [0.717, 1.165) is 0 Å². The molecule has 0 saturated heterocycles. The smallest absolute Gasteiger partial charge is 0.185 e. The van der Waals surface area contributed by atoms with Crippen LogP contribution in [0.2, 0.25) is 0 Å². The Hall–Kier alpha value is -1.02. The molecule has 4 atom stereocenters. The highest BCUT2D eigenvalue weighted by Gasteiger charge is 2.35. The molecule has 1 rings (SSSR count). The van der Waals surface area contributed by atoms with Crippen molar-refractivity contribution in [1.82, 2.24) is 0 Å². The lowest BCUT2D eigenvalue weighted by atomic mass is 9.97. The van der Waals surface area contributed by atoms with Crippen LogP contribution >= 0.6 is 0 Å². The number of methoxy groups -OCH3 is 2. The van der Waals surface area contributed by atoms with Crippen LogP contribution in [0, 0.1) is 0 Å². The topological polar surface area (TPSA) is 99.4 Å². The zero-order valence-corrected chi connectivity index (χ0v) is 10.9. The van der Waals surface area contributed by atoms with Gasteiger partial charge in [0.15, 0.2) is 6.29 Å². The van der Waals surface area contributed by atoms with Gasteiger partial charge in [-0.25, -0.2) is 0 Å². The predicted octanol–water partition coefficient (Wildman–Crippen LogP) is -0.578. The lowest BCUT2D eigenvalue weighted by Crippen LogP contribution is -2.47. The highest BCUT2D eigenvalue weighted by Crippen LogP contribution is 2.21. The number of aliphatic hydroxyl groups excluding tert-OH is 4. The van der Waals surface area contributed by atoms with Crippen LogP contribution in [0.15, 0.2) is 30.3 Å². The van der Waals surface area contributed by atoms with E-state index < -0.39 is 30.7 Å². The van der Waals surface area contributed by atoms with Crippen molar-refractivity contribution in [3.63, 3.8) is 0 Å². The van der Waals surface area contributed by atoms with Crippen molar-refractivity contribution < 1.29 is 29.9 Å². The molecule has 0 bridgehead atoms. The molecule has 19 heavy (non-hydrogen) atoms. The van der Waals surface area contributed by atoms with Gasteiger partial charge in [-0.1, -0.05) is 30.3 Å². The SMILES string of the molecule is COC(OC)C(O)C(O)C(O)C(O)c1ccccc1. The maximum absolute atomic E-state index is 9.93. The van der Waals surface area contributed by atoms with Crippen LogP contribution < -0.4 is 0 Å². The summed E-state index contributed by atoms with van der Waals surface area (Å²) < 4.78 is 9.59. The zero-order chi connectivity index (χ0) is 14.4. The van der Waals surface area contributed by atoms with E-state index in [1.165, 1.54) is 14.2 Å². The number of ether oxygens (including phenoxy) is 2. The second-order valence-electron chi connectivity index (χ2n) is 4.17. The van der Waals surface area contributed by atoms with Crippen LogP contribution in [0.4, 0.5) is 0 Å². The molecular weight excluding hydrogens is 252 g/mol. The molecule has 1 aromatic carbocycles. The molecule has 0 aliphatic rings. The Morgan fingerprint density at radius 1 is 0.789 bits per heavy atom. The minimum atomic E-state index is -1.61. The van der Waals surface area contributed by atoms with Gasteiger partial charge in [-0.3, -0.25) is 0 Å². The van der Waals surface area contributed by atoms with Gasteiger partial charge in [0.25, 0.3) is 0 Å². The van der Waals surface area contributed by atoms with E-state index >= 15 is 0 Å². The number of aliphatic hydroxyl groups is 4. The van der Waals surface area contributed by atoms with E-state index in [0.29, 0.717) is 5.56 Å². The average Bonchev–Trinajstić information content (AvgIpc) is 2.47. The molecule has 1 aromatic rings. The first-order valence-electron chi connectivity index (χ1n) is 5.85. The van der Waals surface area contributed by atoms with Gasteiger partial charge in [0, 0.05) is 14.2 Å². The minimum absolute atomic E-state index is 0.438. The van der Waals surface area contributed by atoms with Gasteiger partial charge in [0.1, 0.15) is 24.4 Å². The average molecular weight is 272 g/mol. The summed E-state index contributed by atoms with van der Waals surface area (Å²) in [6, 6.07) is 8.37. The van der Waals surface area contributed by atoms with Crippen LogP contribution in [0.3, 0.4) is 0 Å². The highest BCUT2D eigenvalue weighted by atomic mass is 16.7. The van der Waals surface area contributed by atoms with Crippen molar-refractivity contribution in [2.45, 2.75) is 30.7 Å². The molecule has 4 unspecified atom stereocenters. The molecule has 0 aromatic heterocycles. The molecule has 0 saturated carbocycles. The maximum Gasteiger partial charge on any atom is 0.185 e. The summed E-state index contributed by atoms with van der Waals surface area (Å²) in [5.41, 5.74) is 0.438. The Kier molecular flexibility index (Phi) is 6.36. The summed E-state index contributed by atoms with van der Waals surface area (Å²) in [6.07, 6.45) is -7.07. The Balaban J connectivity index is 2.73. The summed E-state index contributed by atoms with van der Waals surface area (Å²) in [5, 5.41) is 39.4. The van der Waals surface area contributed by atoms with Gasteiger partial charge in [-0.05, 0) is 5.56 Å². The van der Waals surface area contributed by atoms with Crippen LogP contribution in [-0.2, 0) is 9.47 Å². The molecule has 0 fully saturated rings. The molecule has 0 aliphatic heterocycles. The van der Waals surface area contributed by atoms with Crippen LogP contribution in [0.5, 0.6) is 0 Å². The lowest BCUT2D eigenvalue weighted by Gasteiger charge is -2.30. The summed E-state index contributed by atoms with van der Waals surface area (Å²) in [7, 11) is 2.59. The first kappa shape index (κ1) is 16.0. The van der Waals surface area contributed by atoms with Crippen molar-refractivity contribution >= 4 is 0 Å². The van der Waals surface area contributed by atoms with Crippen molar-refractivity contribution in [3.8, 4) is 0 Å². The van der Waals surface area contributed by atoms with E-state index in [1.807, 2.05) is 0 Å². The molecule has 6 heteroatoms. The van der Waals surface area contributed by atoms with Crippen molar-refractivity contribution in [1.29, 1.82) is 0 Å². The monoisotopic (exact) mass is 272 g/mol. The third-order valence-electron chi connectivity index (χ3n) is 2.91. The Labute approximate surface area is 111 Å². The van der Waals surface area contributed by atoms with Crippen molar-refractivity contribution in [3.05, 3.63) is 35.9 Å². The van der Waals surface area contributed by atoms with E-state index in [1.54, 1.807) is 30.3 Å². The number of hydrogen-bond acceptors (Lipinski definition) is 6. The molecule has 6 nitrogen and oxygen atoms in total. The summed E-state index contributed by atoms with van der Waals surface area (Å²) in [4.78, 5) is 0. The second-order valence-corrected chi connectivity index (χ2v) is 4.17. The van der Waals surface area contributed by atoms with Gasteiger partial charge in [0.2, 0.25) is 0 Å². The third kappa shape index (κ3) is 3.97. The number of hydrogen-bond donors (Lipinski definition) is 4. The molecule has 0 radical (unpaired) electrons. The third-order valence-corrected chi connectivity index (χ3v) is 2.91. The molecule has 0 aliphatic carbocycles. The first-order chi connectivity index (χ1) is 9.02. The van der Waals surface area contributed by atoms with Crippen molar-refractivity contribution in [2.24, 2.45) is 0 Å². The van der Waals surface area contributed by atoms with E-state index in [-0.39, 0.29) is 0 Å². The van der Waals surface area contributed by atoms with E-state index in [9.17, 15) is 20.4 Å². The maximum atomic E-state index is 9.93. The molecule has 0 amide bonds. The second kappa shape index (κ2) is 7.54. The number of benzene rings is 1. The van der Waals surface area contributed by atoms with Crippen molar-refractivity contribution in [2.75, 3.05) is 14.2 Å². The normalized spacial score (nSPS) is 18.1. The van der Waals surface area contributed by atoms with Crippen LogP contribution in [0.1, 0.15) is 11.7 Å². The molecule has 0 heterocycles. The molecule has 108 valence electrons. The predicted molar refractivity (Wildman–Crippen MR) is 67.2 cm³/mol. The van der Waals surface area contributed by atoms with Crippen LogP contribution in [-0.4, -0.2) is 59.2 Å². The van der Waals surface area contributed by atoms with Gasteiger partial charge in [-0.15, -0.1) is 0 Å². The van der Waals surface area contributed by atoms with Gasteiger partial charge < -0.3 is 29.9 Å². The fourth-order valence-corrected chi connectivity index (χ4v) is 1.77. The molecular formula is C13H20O6. The summed E-state index contributed by atoms with van der Waals surface area (Å²) >= 11 is 0. The van der Waals surface area contributed by atoms with Crippen LogP contribution in [0.25, 0.3) is 0 Å². The van der Waals surface area contributed by atoms with Gasteiger partial charge >= 0.3 is 0 Å². The zero-order valence-electron chi connectivity index (χ0n) is 10.9. The summed E-state index contributed by atoms with van der Waals surface area (Å²) in [6.45, 7) is 0.